The number of aryl methyl sites for hydroxylation is 1. The minimum atomic E-state index is -0.431. The van der Waals surface area contributed by atoms with E-state index in [4.69, 9.17) is 14.0 Å². The summed E-state index contributed by atoms with van der Waals surface area (Å²) < 4.78 is 17.2. The molecule has 0 radical (unpaired) electrons. The predicted octanol–water partition coefficient (Wildman–Crippen LogP) is 0.932. The van der Waals surface area contributed by atoms with Crippen molar-refractivity contribution in [3.05, 3.63) is 36.7 Å². The largest absolute Gasteiger partial charge is 0.481 e. The molecule has 0 fully saturated rings. The second-order valence-corrected chi connectivity index (χ2v) is 4.37. The van der Waals surface area contributed by atoms with Gasteiger partial charge in [-0.1, -0.05) is 12.1 Å². The van der Waals surface area contributed by atoms with E-state index in [0.29, 0.717) is 18.1 Å². The Morgan fingerprint density at radius 3 is 2.86 bits per heavy atom. The Morgan fingerprint density at radius 2 is 2.19 bits per heavy atom. The van der Waals surface area contributed by atoms with Gasteiger partial charge in [0.2, 0.25) is 5.89 Å². The number of carbonyl (C=O) groups excluding carboxylic acids is 1. The Kier molecular flexibility index (Phi) is 5.69. The lowest BCUT2D eigenvalue weighted by Crippen LogP contribution is -2.32. The summed E-state index contributed by atoms with van der Waals surface area (Å²) in [6.45, 7) is 3.14. The molecule has 2 rings (SSSR count). The number of esters is 1. The smallest absolute Gasteiger partial charge is 0.344 e. The van der Waals surface area contributed by atoms with Crippen LogP contribution in [0.5, 0.6) is 5.75 Å². The monoisotopic (exact) mass is 292 g/mol. The van der Waals surface area contributed by atoms with Crippen molar-refractivity contribution in [2.75, 3.05) is 13.2 Å². The molecule has 0 saturated heterocycles. The molecule has 0 spiro atoms. The molecule has 0 aliphatic heterocycles. The summed E-state index contributed by atoms with van der Waals surface area (Å²) in [7, 11) is 0. The van der Waals surface area contributed by atoms with Crippen LogP contribution in [0.4, 0.5) is 0 Å². The number of pyridine rings is 1. The molecule has 0 atom stereocenters. The topological polar surface area (TPSA) is 78.3 Å². The van der Waals surface area contributed by atoms with Gasteiger partial charge in [0, 0.05) is 18.6 Å². The normalized spacial score (nSPS) is 10.3. The van der Waals surface area contributed by atoms with Gasteiger partial charge >= 0.3 is 5.97 Å². The Balaban J connectivity index is 1.66. The lowest BCUT2D eigenvalue weighted by molar-refractivity contribution is -0.697. The standard InChI is InChI=1S/C14H18N3O4/c1-2-6-17-7-3-12(4-8-17)20-10-14(18)19-9-5-13-15-11-16-21-13/h3-4,7-8,11H,2,5-6,9-10H2,1H3/q+1. The number of aromatic nitrogens is 3. The Bertz CT molecular complexity index is 540. The van der Waals surface area contributed by atoms with Crippen LogP contribution in [0.2, 0.25) is 0 Å². The minimum absolute atomic E-state index is 0.123. The highest BCUT2D eigenvalue weighted by Gasteiger charge is 2.07. The highest BCUT2D eigenvalue weighted by atomic mass is 16.6. The SMILES string of the molecule is CCC[n+]1ccc(OCC(=O)OCCc2ncno2)cc1. The minimum Gasteiger partial charge on any atom is -0.481 e. The maximum atomic E-state index is 11.5. The van der Waals surface area contributed by atoms with E-state index in [-0.39, 0.29) is 13.2 Å². The van der Waals surface area contributed by atoms with Gasteiger partial charge in [-0.05, 0) is 0 Å². The zero-order valence-corrected chi connectivity index (χ0v) is 11.9. The van der Waals surface area contributed by atoms with Crippen LogP contribution in [0.1, 0.15) is 19.2 Å². The second kappa shape index (κ2) is 7.98. The van der Waals surface area contributed by atoms with Crippen LogP contribution in [-0.2, 0) is 22.5 Å². The zero-order chi connectivity index (χ0) is 14.9. The van der Waals surface area contributed by atoms with Crippen LogP contribution in [0, 0.1) is 0 Å². The van der Waals surface area contributed by atoms with Gasteiger partial charge in [-0.3, -0.25) is 0 Å². The number of ether oxygens (including phenoxy) is 2. The molecule has 2 aromatic rings. The van der Waals surface area contributed by atoms with E-state index in [2.05, 4.69) is 21.6 Å². The van der Waals surface area contributed by atoms with E-state index in [1.165, 1.54) is 6.33 Å². The van der Waals surface area contributed by atoms with Crippen LogP contribution in [0.25, 0.3) is 0 Å². The molecule has 112 valence electrons. The highest BCUT2D eigenvalue weighted by molar-refractivity contribution is 5.71. The third-order valence-electron chi connectivity index (χ3n) is 2.68. The van der Waals surface area contributed by atoms with Crippen molar-refractivity contribution in [1.82, 2.24) is 10.1 Å². The van der Waals surface area contributed by atoms with Crippen molar-refractivity contribution in [1.29, 1.82) is 0 Å². The third kappa shape index (κ3) is 5.21. The number of carbonyl (C=O) groups is 1. The van der Waals surface area contributed by atoms with E-state index in [0.717, 1.165) is 13.0 Å². The van der Waals surface area contributed by atoms with Crippen molar-refractivity contribution >= 4 is 5.97 Å². The van der Waals surface area contributed by atoms with Crippen molar-refractivity contribution in [3.8, 4) is 5.75 Å². The Morgan fingerprint density at radius 1 is 1.38 bits per heavy atom. The van der Waals surface area contributed by atoms with Crippen LogP contribution < -0.4 is 9.30 Å². The van der Waals surface area contributed by atoms with Crippen LogP contribution >= 0.6 is 0 Å². The number of nitrogens with zero attached hydrogens (tertiary/aromatic N) is 3. The quantitative estimate of drug-likeness (QED) is 0.532. The average Bonchev–Trinajstić information content (AvgIpc) is 3.00. The number of hydrogen-bond donors (Lipinski definition) is 0. The summed E-state index contributed by atoms with van der Waals surface area (Å²) >= 11 is 0. The molecule has 7 heteroatoms. The average molecular weight is 292 g/mol. The van der Waals surface area contributed by atoms with Gasteiger partial charge in [0.15, 0.2) is 25.3 Å². The molecular formula is C14H18N3O4+. The summed E-state index contributed by atoms with van der Waals surface area (Å²) in [6.07, 6.45) is 6.60. The molecule has 0 saturated carbocycles. The molecule has 0 N–H and O–H groups in total. The van der Waals surface area contributed by atoms with Crippen LogP contribution in [0.15, 0.2) is 35.4 Å². The first-order chi connectivity index (χ1) is 10.3. The molecule has 0 aliphatic carbocycles. The first-order valence-electron chi connectivity index (χ1n) is 6.81. The van der Waals surface area contributed by atoms with Crippen molar-refractivity contribution < 1.29 is 23.4 Å². The molecule has 0 aliphatic rings. The van der Waals surface area contributed by atoms with Gasteiger partial charge < -0.3 is 14.0 Å². The number of hydrogen-bond acceptors (Lipinski definition) is 6. The fourth-order valence-electron chi connectivity index (χ4n) is 1.69. The first kappa shape index (κ1) is 15.0. The fraction of sp³-hybridized carbons (Fsp3) is 0.429. The maximum absolute atomic E-state index is 11.5. The summed E-state index contributed by atoms with van der Waals surface area (Å²) in [5.41, 5.74) is 0. The van der Waals surface area contributed by atoms with Gasteiger partial charge in [0.05, 0.1) is 6.42 Å². The van der Waals surface area contributed by atoms with Crippen molar-refractivity contribution in [2.24, 2.45) is 0 Å². The molecule has 0 aromatic carbocycles. The van der Waals surface area contributed by atoms with E-state index >= 15 is 0 Å². The molecule has 2 aromatic heterocycles. The predicted molar refractivity (Wildman–Crippen MR) is 71.4 cm³/mol. The van der Waals surface area contributed by atoms with Crippen LogP contribution in [-0.4, -0.2) is 29.3 Å². The van der Waals surface area contributed by atoms with Crippen LogP contribution in [0.3, 0.4) is 0 Å². The second-order valence-electron chi connectivity index (χ2n) is 4.37. The van der Waals surface area contributed by atoms with Gasteiger partial charge in [0.25, 0.3) is 0 Å². The summed E-state index contributed by atoms with van der Waals surface area (Å²) in [5.74, 6) is 0.642. The first-order valence-corrected chi connectivity index (χ1v) is 6.81. The summed E-state index contributed by atoms with van der Waals surface area (Å²) in [5, 5.41) is 3.46. The summed E-state index contributed by atoms with van der Waals surface area (Å²) in [4.78, 5) is 15.3. The maximum Gasteiger partial charge on any atom is 0.344 e. The lowest BCUT2D eigenvalue weighted by atomic mass is 10.4. The summed E-state index contributed by atoms with van der Waals surface area (Å²) in [6, 6.07) is 3.64. The van der Waals surface area contributed by atoms with Gasteiger partial charge in [-0.2, -0.15) is 4.98 Å². The van der Waals surface area contributed by atoms with E-state index in [1.807, 2.05) is 24.5 Å². The molecule has 21 heavy (non-hydrogen) atoms. The Hall–Kier alpha value is -2.44. The van der Waals surface area contributed by atoms with Gasteiger partial charge in [-0.25, -0.2) is 9.36 Å². The fourth-order valence-corrected chi connectivity index (χ4v) is 1.69. The van der Waals surface area contributed by atoms with Gasteiger partial charge in [-0.15, -0.1) is 0 Å². The van der Waals surface area contributed by atoms with Crippen molar-refractivity contribution in [3.63, 3.8) is 0 Å². The highest BCUT2D eigenvalue weighted by Crippen LogP contribution is 2.06. The van der Waals surface area contributed by atoms with Crippen molar-refractivity contribution in [2.45, 2.75) is 26.3 Å². The molecule has 0 unspecified atom stereocenters. The van der Waals surface area contributed by atoms with E-state index in [9.17, 15) is 4.79 Å². The third-order valence-corrected chi connectivity index (χ3v) is 2.68. The van der Waals surface area contributed by atoms with Gasteiger partial charge in [0.1, 0.15) is 18.9 Å². The molecule has 7 nitrogen and oxygen atoms in total. The molecule has 0 bridgehead atoms. The van der Waals surface area contributed by atoms with E-state index < -0.39 is 5.97 Å². The molecule has 0 amide bonds. The lowest BCUT2D eigenvalue weighted by Gasteiger charge is -2.05. The zero-order valence-electron chi connectivity index (χ0n) is 11.9. The number of rotatable bonds is 8. The molecular weight excluding hydrogens is 274 g/mol. The van der Waals surface area contributed by atoms with E-state index in [1.54, 1.807) is 0 Å². The molecule has 2 heterocycles. The Labute approximate surface area is 122 Å².